The van der Waals surface area contributed by atoms with Crippen LogP contribution in [0.2, 0.25) is 5.02 Å². The maximum atomic E-state index is 17.6. The molecule has 0 radical (unpaired) electrons. The molecular formula is C47H42Cl2F4N8O4. The summed E-state index contributed by atoms with van der Waals surface area (Å²) in [6.45, 7) is 3.87. The fraction of sp³-hybridized carbons (Fsp3) is 0.234. The Hall–Kier alpha value is -6.78. The summed E-state index contributed by atoms with van der Waals surface area (Å²) in [6, 6.07) is 22.8. The molecule has 4 aromatic carbocycles. The number of hydrogen-bond donors (Lipinski definition) is 2. The minimum Gasteiger partial charge on any atom is -0.497 e. The number of nitrogens with zero attached hydrogens (tertiary/aromatic N) is 6. The van der Waals surface area contributed by atoms with E-state index in [1.807, 2.05) is 55.5 Å². The number of ether oxygens (including phenoxy) is 4. The summed E-state index contributed by atoms with van der Waals surface area (Å²) in [5.41, 5.74) is 0.279. The van der Waals surface area contributed by atoms with Crippen molar-refractivity contribution in [2.45, 2.75) is 45.7 Å². The molecule has 0 saturated carbocycles. The first-order valence-electron chi connectivity index (χ1n) is 20.2. The molecule has 1 unspecified atom stereocenters. The van der Waals surface area contributed by atoms with E-state index < -0.39 is 45.6 Å². The van der Waals surface area contributed by atoms with E-state index >= 15 is 17.6 Å². The smallest absolute Gasteiger partial charge is 0.418 e. The number of alkyl halides is 3. The number of hydrogen-bond acceptors (Lipinski definition) is 12. The largest absolute Gasteiger partial charge is 0.497 e. The van der Waals surface area contributed by atoms with E-state index in [0.717, 1.165) is 22.4 Å². The molecule has 0 bridgehead atoms. The lowest BCUT2D eigenvalue weighted by molar-refractivity contribution is -0.137. The monoisotopic (exact) mass is 928 g/mol. The number of aromatic nitrogens is 3. The molecule has 0 aliphatic carbocycles. The first-order chi connectivity index (χ1) is 31.3. The third-order valence-electron chi connectivity index (χ3n) is 11.0. The minimum absolute atomic E-state index is 0.0212. The van der Waals surface area contributed by atoms with Crippen LogP contribution in [0.1, 0.15) is 46.5 Å². The molecule has 6 aromatic rings. The number of rotatable bonds is 14. The van der Waals surface area contributed by atoms with Crippen molar-refractivity contribution in [1.29, 1.82) is 0 Å². The summed E-state index contributed by atoms with van der Waals surface area (Å²) in [5.74, 6) is 1.11. The van der Waals surface area contributed by atoms with Crippen molar-refractivity contribution < 1.29 is 36.5 Å². The van der Waals surface area contributed by atoms with E-state index in [-0.39, 0.29) is 52.8 Å². The molecule has 336 valence electrons. The van der Waals surface area contributed by atoms with Gasteiger partial charge < -0.3 is 39.4 Å². The number of halogens is 6. The Balaban J connectivity index is 1.25. The van der Waals surface area contributed by atoms with Crippen LogP contribution in [0, 0.1) is 12.7 Å². The van der Waals surface area contributed by atoms with Gasteiger partial charge >= 0.3 is 6.18 Å². The second-order valence-electron chi connectivity index (χ2n) is 15.1. The average molecular weight is 930 g/mol. The van der Waals surface area contributed by atoms with Gasteiger partial charge in [-0.2, -0.15) is 13.2 Å². The molecule has 8 rings (SSSR count). The van der Waals surface area contributed by atoms with Crippen LogP contribution in [0.3, 0.4) is 0 Å². The molecule has 0 spiro atoms. The molecule has 0 saturated heterocycles. The lowest BCUT2D eigenvalue weighted by Crippen LogP contribution is -2.45. The van der Waals surface area contributed by atoms with Gasteiger partial charge in [0, 0.05) is 32.0 Å². The first kappa shape index (κ1) is 44.8. The summed E-state index contributed by atoms with van der Waals surface area (Å²) >= 11 is 13.8. The van der Waals surface area contributed by atoms with Gasteiger partial charge in [0.25, 0.3) is 0 Å². The second kappa shape index (κ2) is 18.7. The van der Waals surface area contributed by atoms with Crippen molar-refractivity contribution in [2.24, 2.45) is 4.99 Å². The van der Waals surface area contributed by atoms with Crippen LogP contribution in [-0.2, 0) is 25.8 Å². The van der Waals surface area contributed by atoms with Gasteiger partial charge in [0.2, 0.25) is 5.22 Å². The quantitative estimate of drug-likeness (QED) is 0.102. The van der Waals surface area contributed by atoms with Crippen molar-refractivity contribution in [3.05, 3.63) is 158 Å². The number of nitrogens with one attached hydrogen (secondary N) is 2. The third kappa shape index (κ3) is 9.27. The summed E-state index contributed by atoms with van der Waals surface area (Å²) in [4.78, 5) is 21.8. The fourth-order valence-corrected chi connectivity index (χ4v) is 8.27. The van der Waals surface area contributed by atoms with E-state index in [0.29, 0.717) is 29.6 Å². The molecular weight excluding hydrogens is 887 g/mol. The number of benzene rings is 4. The Morgan fingerprint density at radius 3 is 2.00 bits per heavy atom. The fourth-order valence-electron chi connectivity index (χ4n) is 7.76. The maximum absolute atomic E-state index is 17.6. The van der Waals surface area contributed by atoms with Gasteiger partial charge in [0.1, 0.15) is 47.1 Å². The van der Waals surface area contributed by atoms with Crippen LogP contribution in [0.15, 0.2) is 108 Å². The van der Waals surface area contributed by atoms with Crippen LogP contribution in [0.25, 0.3) is 17.1 Å². The highest BCUT2D eigenvalue weighted by Crippen LogP contribution is 2.44. The number of aryl methyl sites for hydroxylation is 1. The zero-order chi connectivity index (χ0) is 46.0. The maximum Gasteiger partial charge on any atom is 0.418 e. The van der Waals surface area contributed by atoms with Gasteiger partial charge in [-0.25, -0.2) is 14.4 Å². The molecule has 2 aliphatic heterocycles. The lowest BCUT2D eigenvalue weighted by Gasteiger charge is -2.31. The van der Waals surface area contributed by atoms with Crippen molar-refractivity contribution in [3.63, 3.8) is 0 Å². The van der Waals surface area contributed by atoms with Crippen molar-refractivity contribution in [2.75, 3.05) is 38.2 Å². The molecule has 2 N–H and O–H groups in total. The van der Waals surface area contributed by atoms with Crippen molar-refractivity contribution in [1.82, 2.24) is 25.2 Å². The molecule has 1 atom stereocenters. The van der Waals surface area contributed by atoms with Crippen LogP contribution in [0.5, 0.6) is 23.0 Å². The van der Waals surface area contributed by atoms with Crippen LogP contribution >= 0.6 is 23.2 Å². The van der Waals surface area contributed by atoms with Gasteiger partial charge in [-0.3, -0.25) is 9.98 Å². The second-order valence-corrected chi connectivity index (χ2v) is 15.8. The topological polar surface area (TPSA) is 118 Å². The summed E-state index contributed by atoms with van der Waals surface area (Å²) in [6.07, 6.45) is -0.471. The van der Waals surface area contributed by atoms with Gasteiger partial charge in [-0.15, -0.1) is 0 Å². The predicted octanol–water partition coefficient (Wildman–Crippen LogP) is 9.24. The Morgan fingerprint density at radius 1 is 0.862 bits per heavy atom. The SMILES string of the molecule is COc1ccc(CNc2nccnc2C(C)N2C=C(Cl)Oc3c(F)c(-c4nc(N(Cc5ccc(OC)cc5)Cc5ccc(OC)cc5)cc(C)c4C(F)(F)F)c(Cl)c4c3=C2NCN=4)cc1. The van der Waals surface area contributed by atoms with Crippen molar-refractivity contribution >= 4 is 40.7 Å². The number of anilines is 2. The highest BCUT2D eigenvalue weighted by Gasteiger charge is 2.40. The van der Waals surface area contributed by atoms with E-state index in [2.05, 4.69) is 30.6 Å². The predicted molar refractivity (Wildman–Crippen MR) is 240 cm³/mol. The molecule has 0 amide bonds. The third-order valence-corrected chi connectivity index (χ3v) is 11.5. The molecule has 2 aliphatic rings. The summed E-state index contributed by atoms with van der Waals surface area (Å²) < 4.78 is 85.4. The van der Waals surface area contributed by atoms with Crippen LogP contribution < -0.4 is 45.1 Å². The Kier molecular flexibility index (Phi) is 12.9. The van der Waals surface area contributed by atoms with E-state index in [1.54, 1.807) is 61.6 Å². The molecule has 18 heteroatoms. The van der Waals surface area contributed by atoms with E-state index in [1.165, 1.54) is 25.4 Å². The summed E-state index contributed by atoms with van der Waals surface area (Å²) in [5, 5.41) is 5.84. The molecule has 2 aromatic heterocycles. The van der Waals surface area contributed by atoms with Gasteiger partial charge in [-0.05, 0) is 90.2 Å². The van der Waals surface area contributed by atoms with Crippen molar-refractivity contribution in [3.8, 4) is 34.3 Å². The summed E-state index contributed by atoms with van der Waals surface area (Å²) in [7, 11) is 4.70. The number of pyridine rings is 1. The standard InChI is InChI=1S/C47H42Cl2F4N8O4/c1-26-20-35(60(22-29-8-14-32(63-4)15-9-29)23-30-10-16-33(64-5)17-11-30)59-42(38(26)47(51,52)53)36-39(49)43-37-44(40(36)50)65-34(48)24-61(46(37)58-25-57-43)27(2)41-45(55-19-18-54-41)56-21-28-6-12-31(62-3)13-7-28/h6-20,24,27,58H,21-23,25H2,1-5H3,(H,55,56). The van der Waals surface area contributed by atoms with Gasteiger partial charge in [0.05, 0.1) is 66.0 Å². The van der Waals surface area contributed by atoms with Gasteiger partial charge in [-0.1, -0.05) is 48.0 Å². The zero-order valence-electron chi connectivity index (χ0n) is 35.7. The van der Waals surface area contributed by atoms with E-state index in [4.69, 9.17) is 42.1 Å². The van der Waals surface area contributed by atoms with Crippen LogP contribution in [-0.4, -0.2) is 47.8 Å². The number of methoxy groups -OCH3 is 3. The highest BCUT2D eigenvalue weighted by molar-refractivity contribution is 6.33. The molecule has 65 heavy (non-hydrogen) atoms. The Labute approximate surface area is 381 Å². The molecule has 12 nitrogen and oxygen atoms in total. The Morgan fingerprint density at radius 2 is 1.43 bits per heavy atom. The highest BCUT2D eigenvalue weighted by atomic mass is 35.5. The molecule has 0 fully saturated rings. The molecule has 4 heterocycles. The minimum atomic E-state index is -4.99. The average Bonchev–Trinajstić information content (AvgIpc) is 3.46. The van der Waals surface area contributed by atoms with Gasteiger partial charge in [0.15, 0.2) is 11.6 Å². The first-order valence-corrected chi connectivity index (χ1v) is 21.0. The Bertz CT molecular complexity index is 2840. The normalized spacial score (nSPS) is 13.6. The van der Waals surface area contributed by atoms with E-state index in [9.17, 15) is 0 Å². The van der Waals surface area contributed by atoms with Crippen LogP contribution in [0.4, 0.5) is 29.2 Å². The zero-order valence-corrected chi connectivity index (χ0v) is 37.2. The lowest BCUT2D eigenvalue weighted by atomic mass is 9.98.